The van der Waals surface area contributed by atoms with Gasteiger partial charge >= 0.3 is 5.97 Å². The van der Waals surface area contributed by atoms with Crippen molar-refractivity contribution in [2.24, 2.45) is 5.92 Å². The van der Waals surface area contributed by atoms with E-state index in [2.05, 4.69) is 5.32 Å². The Morgan fingerprint density at radius 1 is 1.41 bits per heavy atom. The highest BCUT2D eigenvalue weighted by molar-refractivity contribution is 5.73. The molecule has 4 nitrogen and oxygen atoms in total. The minimum atomic E-state index is -0.818. The Kier molecular flexibility index (Phi) is 7.21. The highest BCUT2D eigenvalue weighted by atomic mass is 16.5. The number of carboxylic acids is 1. The number of ether oxygens (including phenoxy) is 1. The summed E-state index contributed by atoms with van der Waals surface area (Å²) in [5.41, 5.74) is 0. The molecule has 1 atom stereocenters. The molecule has 1 saturated carbocycles. The van der Waals surface area contributed by atoms with Gasteiger partial charge in [0.2, 0.25) is 0 Å². The molecular formula is C13H25NO3. The average molecular weight is 243 g/mol. The van der Waals surface area contributed by atoms with E-state index in [9.17, 15) is 4.79 Å². The molecule has 1 fully saturated rings. The zero-order valence-corrected chi connectivity index (χ0v) is 10.8. The molecule has 0 heterocycles. The topological polar surface area (TPSA) is 58.6 Å². The molecule has 0 aromatic rings. The Morgan fingerprint density at radius 2 is 2.12 bits per heavy atom. The van der Waals surface area contributed by atoms with E-state index >= 15 is 0 Å². The van der Waals surface area contributed by atoms with Gasteiger partial charge in [0.15, 0.2) is 0 Å². The Hall–Kier alpha value is -0.610. The molecule has 4 heteroatoms. The number of hydrogen-bond acceptors (Lipinski definition) is 3. The van der Waals surface area contributed by atoms with Gasteiger partial charge in [0.05, 0.1) is 6.61 Å². The van der Waals surface area contributed by atoms with Crippen LogP contribution in [0.4, 0.5) is 0 Å². The largest absolute Gasteiger partial charge is 0.480 e. The van der Waals surface area contributed by atoms with Crippen LogP contribution in [0.5, 0.6) is 0 Å². The summed E-state index contributed by atoms with van der Waals surface area (Å²) in [5, 5.41) is 12.0. The van der Waals surface area contributed by atoms with Gasteiger partial charge < -0.3 is 15.2 Å². The van der Waals surface area contributed by atoms with Gasteiger partial charge in [-0.25, -0.2) is 0 Å². The third kappa shape index (κ3) is 6.03. The fourth-order valence-corrected chi connectivity index (χ4v) is 2.24. The van der Waals surface area contributed by atoms with Crippen molar-refractivity contribution in [1.82, 2.24) is 5.32 Å². The molecule has 1 aliphatic carbocycles. The summed E-state index contributed by atoms with van der Waals surface area (Å²) in [7, 11) is 0. The SMILES string of the molecule is CCCNC(COCC1CCCCC1)C(=O)O. The van der Waals surface area contributed by atoms with Crippen LogP contribution in [0.25, 0.3) is 0 Å². The van der Waals surface area contributed by atoms with Gasteiger partial charge in [-0.15, -0.1) is 0 Å². The second kappa shape index (κ2) is 8.48. The fourth-order valence-electron chi connectivity index (χ4n) is 2.24. The minimum absolute atomic E-state index is 0.284. The maximum Gasteiger partial charge on any atom is 0.323 e. The average Bonchev–Trinajstić information content (AvgIpc) is 2.34. The molecule has 1 aliphatic rings. The van der Waals surface area contributed by atoms with E-state index in [1.165, 1.54) is 32.1 Å². The van der Waals surface area contributed by atoms with Gasteiger partial charge in [0, 0.05) is 6.61 Å². The lowest BCUT2D eigenvalue weighted by Crippen LogP contribution is -2.41. The molecule has 0 bridgehead atoms. The van der Waals surface area contributed by atoms with Gasteiger partial charge in [-0.1, -0.05) is 26.2 Å². The lowest BCUT2D eigenvalue weighted by molar-refractivity contribution is -0.141. The Labute approximate surface area is 104 Å². The van der Waals surface area contributed by atoms with Crippen molar-refractivity contribution < 1.29 is 14.6 Å². The first-order valence-electron chi connectivity index (χ1n) is 6.78. The summed E-state index contributed by atoms with van der Waals surface area (Å²) in [5.74, 6) is -0.175. The number of carboxylic acid groups (broad SMARTS) is 1. The summed E-state index contributed by atoms with van der Waals surface area (Å²) >= 11 is 0. The number of nitrogens with one attached hydrogen (secondary N) is 1. The maximum absolute atomic E-state index is 10.9. The maximum atomic E-state index is 10.9. The van der Waals surface area contributed by atoms with Crippen LogP contribution < -0.4 is 5.32 Å². The summed E-state index contributed by atoms with van der Waals surface area (Å²) in [6, 6.07) is -0.557. The van der Waals surface area contributed by atoms with Crippen molar-refractivity contribution in [1.29, 1.82) is 0 Å². The third-order valence-corrected chi connectivity index (χ3v) is 3.30. The van der Waals surface area contributed by atoms with Crippen LogP contribution in [-0.4, -0.2) is 36.9 Å². The molecule has 0 aromatic heterocycles. The van der Waals surface area contributed by atoms with Crippen LogP contribution in [0.2, 0.25) is 0 Å². The standard InChI is InChI=1S/C13H25NO3/c1-2-8-14-12(13(15)16)10-17-9-11-6-4-3-5-7-11/h11-12,14H,2-10H2,1H3,(H,15,16). The van der Waals surface area contributed by atoms with Gasteiger partial charge in [-0.2, -0.15) is 0 Å². The van der Waals surface area contributed by atoms with Crippen molar-refractivity contribution >= 4 is 5.97 Å². The van der Waals surface area contributed by atoms with E-state index in [1.807, 2.05) is 6.92 Å². The molecule has 1 unspecified atom stereocenters. The Morgan fingerprint density at radius 3 is 2.71 bits per heavy atom. The molecule has 0 aromatic carbocycles. The predicted octanol–water partition coefficient (Wildman–Crippen LogP) is 2.04. The molecule has 17 heavy (non-hydrogen) atoms. The zero-order valence-electron chi connectivity index (χ0n) is 10.8. The van der Waals surface area contributed by atoms with E-state index in [0.717, 1.165) is 19.6 Å². The van der Waals surface area contributed by atoms with E-state index in [0.29, 0.717) is 5.92 Å². The van der Waals surface area contributed by atoms with Crippen LogP contribution in [0.1, 0.15) is 45.4 Å². The van der Waals surface area contributed by atoms with E-state index in [4.69, 9.17) is 9.84 Å². The van der Waals surface area contributed by atoms with E-state index in [1.54, 1.807) is 0 Å². The minimum Gasteiger partial charge on any atom is -0.480 e. The Bertz CT molecular complexity index is 215. The third-order valence-electron chi connectivity index (χ3n) is 3.30. The summed E-state index contributed by atoms with van der Waals surface area (Å²) in [6.45, 7) is 3.75. The second-order valence-corrected chi connectivity index (χ2v) is 4.89. The molecule has 0 aliphatic heterocycles. The first-order chi connectivity index (χ1) is 8.24. The van der Waals surface area contributed by atoms with Crippen molar-refractivity contribution in [3.05, 3.63) is 0 Å². The molecule has 100 valence electrons. The molecule has 1 rings (SSSR count). The molecule has 0 radical (unpaired) electrons. The molecule has 2 N–H and O–H groups in total. The first-order valence-corrected chi connectivity index (χ1v) is 6.78. The van der Waals surface area contributed by atoms with Crippen molar-refractivity contribution in [2.45, 2.75) is 51.5 Å². The van der Waals surface area contributed by atoms with Crippen molar-refractivity contribution in [3.63, 3.8) is 0 Å². The monoisotopic (exact) mass is 243 g/mol. The smallest absolute Gasteiger partial charge is 0.323 e. The van der Waals surface area contributed by atoms with Crippen LogP contribution in [0.3, 0.4) is 0 Å². The van der Waals surface area contributed by atoms with Gasteiger partial charge in [-0.3, -0.25) is 4.79 Å². The highest BCUT2D eigenvalue weighted by Crippen LogP contribution is 2.23. The lowest BCUT2D eigenvalue weighted by Gasteiger charge is -2.22. The fraction of sp³-hybridized carbons (Fsp3) is 0.923. The molecule has 0 spiro atoms. The number of rotatable bonds is 8. The summed E-state index contributed by atoms with van der Waals surface area (Å²) < 4.78 is 5.55. The van der Waals surface area contributed by atoms with Crippen molar-refractivity contribution in [3.8, 4) is 0 Å². The highest BCUT2D eigenvalue weighted by Gasteiger charge is 2.18. The van der Waals surface area contributed by atoms with Gasteiger partial charge in [0.1, 0.15) is 6.04 Å². The summed E-state index contributed by atoms with van der Waals surface area (Å²) in [4.78, 5) is 10.9. The molecule has 0 amide bonds. The van der Waals surface area contributed by atoms with E-state index in [-0.39, 0.29) is 6.61 Å². The van der Waals surface area contributed by atoms with Crippen LogP contribution in [-0.2, 0) is 9.53 Å². The normalized spacial score (nSPS) is 19.1. The number of aliphatic carboxylic acids is 1. The van der Waals surface area contributed by atoms with Crippen LogP contribution in [0, 0.1) is 5.92 Å². The predicted molar refractivity (Wildman–Crippen MR) is 67.1 cm³/mol. The number of carbonyl (C=O) groups is 1. The first kappa shape index (κ1) is 14.5. The van der Waals surface area contributed by atoms with Crippen LogP contribution >= 0.6 is 0 Å². The van der Waals surface area contributed by atoms with Crippen molar-refractivity contribution in [2.75, 3.05) is 19.8 Å². The number of hydrogen-bond donors (Lipinski definition) is 2. The van der Waals surface area contributed by atoms with Gasteiger partial charge in [-0.05, 0) is 31.7 Å². The second-order valence-electron chi connectivity index (χ2n) is 4.89. The van der Waals surface area contributed by atoms with E-state index < -0.39 is 12.0 Å². The Balaban J connectivity index is 2.14. The summed E-state index contributed by atoms with van der Waals surface area (Å²) in [6.07, 6.45) is 7.34. The molecular weight excluding hydrogens is 218 g/mol. The van der Waals surface area contributed by atoms with Crippen LogP contribution in [0.15, 0.2) is 0 Å². The zero-order chi connectivity index (χ0) is 12.5. The quantitative estimate of drug-likeness (QED) is 0.685. The van der Waals surface area contributed by atoms with Gasteiger partial charge in [0.25, 0.3) is 0 Å². The molecule has 0 saturated heterocycles. The lowest BCUT2D eigenvalue weighted by atomic mass is 9.90.